The van der Waals surface area contributed by atoms with Crippen molar-refractivity contribution in [1.82, 2.24) is 15.1 Å². The molecule has 0 aromatic carbocycles. The van der Waals surface area contributed by atoms with Gasteiger partial charge in [0.2, 0.25) is 11.8 Å². The van der Waals surface area contributed by atoms with Crippen molar-refractivity contribution in [2.75, 3.05) is 5.32 Å². The van der Waals surface area contributed by atoms with Crippen LogP contribution in [0.3, 0.4) is 0 Å². The first-order valence-electron chi connectivity index (χ1n) is 7.46. The molecule has 1 aliphatic rings. The van der Waals surface area contributed by atoms with Crippen molar-refractivity contribution in [3.8, 4) is 0 Å². The zero-order valence-corrected chi connectivity index (χ0v) is 12.3. The summed E-state index contributed by atoms with van der Waals surface area (Å²) < 4.78 is 1.50. The van der Waals surface area contributed by atoms with E-state index in [-0.39, 0.29) is 18.4 Å². The van der Waals surface area contributed by atoms with Gasteiger partial charge in [-0.15, -0.1) is 0 Å². The van der Waals surface area contributed by atoms with Crippen molar-refractivity contribution < 1.29 is 9.59 Å². The number of amides is 2. The first-order chi connectivity index (χ1) is 10.1. The largest absolute Gasteiger partial charge is 0.352 e. The highest BCUT2D eigenvalue weighted by molar-refractivity contribution is 5.94. The summed E-state index contributed by atoms with van der Waals surface area (Å²) in [6, 6.07) is -0.171. The van der Waals surface area contributed by atoms with Crippen LogP contribution in [0, 0.1) is 0 Å². The molecule has 0 saturated heterocycles. The standard InChI is InChI=1S/C14H23N5O2/c1-2-3-4-12(15)14(21)18-11-7-16-19(8-11)9-13(20)17-10-5-6-10/h7-8,10,12H,2-6,9,15H2,1H3,(H,17,20)(H,18,21)/t12-/m0/s1. The van der Waals surface area contributed by atoms with Crippen molar-refractivity contribution in [1.29, 1.82) is 0 Å². The molecule has 0 radical (unpaired) electrons. The fourth-order valence-electron chi connectivity index (χ4n) is 1.95. The van der Waals surface area contributed by atoms with E-state index in [1.807, 2.05) is 0 Å². The topological polar surface area (TPSA) is 102 Å². The SMILES string of the molecule is CCCC[C@H](N)C(=O)Nc1cnn(CC(=O)NC2CC2)c1. The lowest BCUT2D eigenvalue weighted by Crippen LogP contribution is -2.35. The molecule has 7 heteroatoms. The molecule has 4 N–H and O–H groups in total. The maximum Gasteiger partial charge on any atom is 0.241 e. The minimum absolute atomic E-state index is 0.0573. The maximum absolute atomic E-state index is 11.9. The number of aromatic nitrogens is 2. The molecule has 1 aliphatic carbocycles. The summed E-state index contributed by atoms with van der Waals surface area (Å²) in [6.45, 7) is 2.22. The third-order valence-electron chi connectivity index (χ3n) is 3.35. The smallest absolute Gasteiger partial charge is 0.241 e. The molecule has 1 atom stereocenters. The van der Waals surface area contributed by atoms with Gasteiger partial charge in [0.05, 0.1) is 17.9 Å². The van der Waals surface area contributed by atoms with Gasteiger partial charge in [-0.2, -0.15) is 5.10 Å². The van der Waals surface area contributed by atoms with E-state index in [0.717, 1.165) is 25.7 Å². The van der Waals surface area contributed by atoms with Gasteiger partial charge < -0.3 is 16.4 Å². The average molecular weight is 293 g/mol. The molecule has 2 rings (SSSR count). The van der Waals surface area contributed by atoms with E-state index in [2.05, 4.69) is 22.7 Å². The van der Waals surface area contributed by atoms with E-state index >= 15 is 0 Å². The number of nitrogens with two attached hydrogens (primary N) is 1. The lowest BCUT2D eigenvalue weighted by molar-refractivity contribution is -0.122. The summed E-state index contributed by atoms with van der Waals surface area (Å²) in [4.78, 5) is 23.5. The summed E-state index contributed by atoms with van der Waals surface area (Å²) >= 11 is 0. The van der Waals surface area contributed by atoms with Gasteiger partial charge in [0, 0.05) is 12.2 Å². The second-order valence-electron chi connectivity index (χ2n) is 5.51. The number of nitrogens with one attached hydrogen (secondary N) is 2. The molecule has 2 amide bonds. The number of carbonyl (C=O) groups excluding carboxylic acids is 2. The fraction of sp³-hybridized carbons (Fsp3) is 0.643. The Morgan fingerprint density at radius 1 is 1.52 bits per heavy atom. The zero-order chi connectivity index (χ0) is 15.2. The Bertz CT molecular complexity index is 495. The summed E-state index contributed by atoms with van der Waals surface area (Å²) in [6.07, 6.45) is 7.87. The highest BCUT2D eigenvalue weighted by Gasteiger charge is 2.23. The van der Waals surface area contributed by atoms with Crippen LogP contribution in [0.1, 0.15) is 39.0 Å². The highest BCUT2D eigenvalue weighted by Crippen LogP contribution is 2.18. The van der Waals surface area contributed by atoms with Crippen LogP contribution >= 0.6 is 0 Å². The predicted molar refractivity (Wildman–Crippen MR) is 79.5 cm³/mol. The van der Waals surface area contributed by atoms with Crippen molar-refractivity contribution >= 4 is 17.5 Å². The lowest BCUT2D eigenvalue weighted by Gasteiger charge is -2.10. The van der Waals surface area contributed by atoms with E-state index in [9.17, 15) is 9.59 Å². The second-order valence-corrected chi connectivity index (χ2v) is 5.51. The van der Waals surface area contributed by atoms with Crippen LogP contribution in [-0.4, -0.2) is 33.7 Å². The molecule has 0 unspecified atom stereocenters. The minimum Gasteiger partial charge on any atom is -0.352 e. The Kier molecular flexibility index (Phi) is 5.32. The van der Waals surface area contributed by atoms with Crippen LogP contribution < -0.4 is 16.4 Å². The van der Waals surface area contributed by atoms with Gasteiger partial charge in [0.25, 0.3) is 0 Å². The van der Waals surface area contributed by atoms with Crippen LogP contribution in [0.2, 0.25) is 0 Å². The van der Waals surface area contributed by atoms with Gasteiger partial charge in [-0.25, -0.2) is 0 Å². The third kappa shape index (κ3) is 5.18. The Morgan fingerprint density at radius 2 is 2.29 bits per heavy atom. The van der Waals surface area contributed by atoms with Gasteiger partial charge in [-0.1, -0.05) is 19.8 Å². The van der Waals surface area contributed by atoms with Crippen molar-refractivity contribution in [3.63, 3.8) is 0 Å². The van der Waals surface area contributed by atoms with E-state index in [1.54, 1.807) is 6.20 Å². The number of rotatable bonds is 8. The van der Waals surface area contributed by atoms with Crippen LogP contribution in [0.4, 0.5) is 5.69 Å². The molecule has 116 valence electrons. The van der Waals surface area contributed by atoms with Crippen molar-refractivity contribution in [3.05, 3.63) is 12.4 Å². The molecular weight excluding hydrogens is 270 g/mol. The van der Waals surface area contributed by atoms with Crippen molar-refractivity contribution in [2.24, 2.45) is 5.73 Å². The number of nitrogens with zero attached hydrogens (tertiary/aromatic N) is 2. The second kappa shape index (κ2) is 7.21. The average Bonchev–Trinajstić information content (AvgIpc) is 3.15. The summed E-state index contributed by atoms with van der Waals surface area (Å²) in [5.41, 5.74) is 6.36. The Morgan fingerprint density at radius 3 is 2.95 bits per heavy atom. The maximum atomic E-state index is 11.9. The third-order valence-corrected chi connectivity index (χ3v) is 3.35. The normalized spacial score (nSPS) is 15.5. The Hall–Kier alpha value is -1.89. The number of anilines is 1. The minimum atomic E-state index is -0.508. The van der Waals surface area contributed by atoms with Gasteiger partial charge in [0.1, 0.15) is 6.54 Å². The van der Waals surface area contributed by atoms with Gasteiger partial charge in [-0.3, -0.25) is 14.3 Å². The summed E-state index contributed by atoms with van der Waals surface area (Å²) in [7, 11) is 0. The van der Waals surface area contributed by atoms with Gasteiger partial charge >= 0.3 is 0 Å². The molecule has 1 fully saturated rings. The Balaban J connectivity index is 1.78. The van der Waals surface area contributed by atoms with Crippen LogP contribution in [0.5, 0.6) is 0 Å². The van der Waals surface area contributed by atoms with E-state index in [0.29, 0.717) is 18.2 Å². The van der Waals surface area contributed by atoms with E-state index in [1.165, 1.54) is 10.9 Å². The molecule has 1 aromatic heterocycles. The molecule has 1 heterocycles. The highest BCUT2D eigenvalue weighted by atomic mass is 16.2. The monoisotopic (exact) mass is 293 g/mol. The first kappa shape index (κ1) is 15.5. The van der Waals surface area contributed by atoms with Crippen LogP contribution in [-0.2, 0) is 16.1 Å². The fourth-order valence-corrected chi connectivity index (χ4v) is 1.95. The van der Waals surface area contributed by atoms with E-state index < -0.39 is 6.04 Å². The lowest BCUT2D eigenvalue weighted by atomic mass is 10.1. The number of hydrogen-bond donors (Lipinski definition) is 3. The van der Waals surface area contributed by atoms with Crippen LogP contribution in [0.15, 0.2) is 12.4 Å². The van der Waals surface area contributed by atoms with E-state index in [4.69, 9.17) is 5.73 Å². The molecule has 1 saturated carbocycles. The summed E-state index contributed by atoms with van der Waals surface area (Å²) in [5, 5.41) is 9.66. The first-order valence-corrected chi connectivity index (χ1v) is 7.46. The number of hydrogen-bond acceptors (Lipinski definition) is 4. The quantitative estimate of drug-likeness (QED) is 0.653. The Labute approximate surface area is 124 Å². The summed E-state index contributed by atoms with van der Waals surface area (Å²) in [5.74, 6) is -0.274. The molecule has 0 spiro atoms. The van der Waals surface area contributed by atoms with Gasteiger partial charge in [-0.05, 0) is 19.3 Å². The van der Waals surface area contributed by atoms with Gasteiger partial charge in [0.15, 0.2) is 0 Å². The molecule has 7 nitrogen and oxygen atoms in total. The molecule has 1 aromatic rings. The predicted octanol–water partition coefficient (Wildman–Crippen LogP) is 0.618. The number of carbonyl (C=O) groups is 2. The zero-order valence-electron chi connectivity index (χ0n) is 12.3. The van der Waals surface area contributed by atoms with Crippen LogP contribution in [0.25, 0.3) is 0 Å². The molecule has 0 bridgehead atoms. The number of unbranched alkanes of at least 4 members (excludes halogenated alkanes) is 1. The molecular formula is C14H23N5O2. The van der Waals surface area contributed by atoms with Crippen molar-refractivity contribution in [2.45, 2.75) is 57.7 Å². The molecule has 0 aliphatic heterocycles. The molecule has 21 heavy (non-hydrogen) atoms.